The van der Waals surface area contributed by atoms with Gasteiger partial charge in [-0.15, -0.1) is 0 Å². The summed E-state index contributed by atoms with van der Waals surface area (Å²) in [4.78, 5) is 45.0. The first-order valence-corrected chi connectivity index (χ1v) is 5.95. The van der Waals surface area contributed by atoms with E-state index in [1.165, 1.54) is 0 Å². The third-order valence-electron chi connectivity index (χ3n) is 2.69. The zero-order chi connectivity index (χ0) is 14.3. The van der Waals surface area contributed by atoms with E-state index in [1.54, 1.807) is 6.29 Å². The van der Waals surface area contributed by atoms with Crippen LogP contribution in [0.5, 0.6) is 0 Å². The Bertz CT molecular complexity index is 383. The van der Waals surface area contributed by atoms with Crippen LogP contribution in [0.1, 0.15) is 12.8 Å². The van der Waals surface area contributed by atoms with Gasteiger partial charge in [0.05, 0.1) is 19.1 Å². The fourth-order valence-electron chi connectivity index (χ4n) is 1.54. The molecule has 0 aliphatic carbocycles. The van der Waals surface area contributed by atoms with Crippen LogP contribution >= 0.6 is 0 Å². The maximum Gasteiger partial charge on any atom is 0.239 e. The third-order valence-corrected chi connectivity index (χ3v) is 2.69. The molecule has 5 N–H and O–H groups in total. The van der Waals surface area contributed by atoms with Gasteiger partial charge in [0.25, 0.3) is 0 Å². The number of amides is 2. The molecule has 1 radical (unpaired) electrons. The zero-order valence-corrected chi connectivity index (χ0v) is 15.2. The maximum absolute atomic E-state index is 11.6. The number of carbonyl (C=O) groups excluding carboxylic acids is 4. The zero-order valence-electron chi connectivity index (χ0n) is 11.4. The van der Waals surface area contributed by atoms with E-state index >= 15 is 0 Å². The van der Waals surface area contributed by atoms with Crippen molar-refractivity contribution < 1.29 is 51.9 Å². The second kappa shape index (κ2) is 12.2. The third kappa shape index (κ3) is 9.31. The summed E-state index contributed by atoms with van der Waals surface area (Å²) in [6.45, 7) is -0.0349. The summed E-state index contributed by atoms with van der Waals surface area (Å²) in [5.41, 5.74) is 5.56. The Morgan fingerprint density at radius 1 is 1.10 bits per heavy atom. The average Bonchev–Trinajstić information content (AvgIpc) is 2.39. The van der Waals surface area contributed by atoms with Gasteiger partial charge in [-0.3, -0.25) is 14.4 Å². The Hall–Kier alpha value is -0.346. The van der Waals surface area contributed by atoms with Gasteiger partial charge >= 0.3 is 0 Å². The van der Waals surface area contributed by atoms with Crippen molar-refractivity contribution in [3.63, 3.8) is 0 Å². The van der Waals surface area contributed by atoms with Crippen LogP contribution in [0.3, 0.4) is 0 Å². The van der Waals surface area contributed by atoms with Crippen LogP contribution in [-0.4, -0.2) is 55.6 Å². The first-order chi connectivity index (χ1) is 9.02. The van der Waals surface area contributed by atoms with Crippen LogP contribution in [0, 0.1) is 0 Å². The molecule has 0 bridgehead atoms. The molecular weight excluding hydrogens is 373 g/mol. The van der Waals surface area contributed by atoms with Gasteiger partial charge in [0.2, 0.25) is 11.8 Å². The number of rotatable bonds is 1. The van der Waals surface area contributed by atoms with Crippen molar-refractivity contribution in [2.24, 2.45) is 5.73 Å². The predicted molar refractivity (Wildman–Crippen MR) is 74.5 cm³/mol. The molecule has 1 aliphatic heterocycles. The Balaban J connectivity index is 0. The fourth-order valence-corrected chi connectivity index (χ4v) is 1.54. The van der Waals surface area contributed by atoms with Crippen molar-refractivity contribution >= 4 is 37.4 Å². The van der Waals surface area contributed by atoms with Gasteiger partial charge in [0, 0.05) is 45.7 Å². The van der Waals surface area contributed by atoms with Crippen LogP contribution in [-0.2, 0) is 65.4 Å². The Kier molecular flexibility index (Phi) is 13.3. The van der Waals surface area contributed by atoms with Crippen molar-refractivity contribution in [2.45, 2.75) is 24.9 Å². The molecule has 2 unspecified atom stereocenters. The molecule has 2 atom stereocenters. The Labute approximate surface area is 155 Å². The number of hydrogen-bond acceptors (Lipinski definition) is 7. The number of Topliss-reactive ketones (excluding diaryl/α,β-unsaturated/α-hetero) is 1. The summed E-state index contributed by atoms with van der Waals surface area (Å²) in [5, 5.41) is 7.59. The van der Waals surface area contributed by atoms with Gasteiger partial charge in [-0.05, 0) is 6.42 Å². The summed E-state index contributed by atoms with van der Waals surface area (Å²) in [6, 6.07) is -1.61. The van der Waals surface area contributed by atoms with Gasteiger partial charge in [0.15, 0.2) is 5.78 Å². The van der Waals surface area contributed by atoms with E-state index < -0.39 is 18.0 Å². The maximum atomic E-state index is 11.6. The molecule has 0 saturated carbocycles. The summed E-state index contributed by atoms with van der Waals surface area (Å²) >= 11 is 0. The largest absolute Gasteiger partial charge is 0.813 e. The van der Waals surface area contributed by atoms with E-state index in [1.807, 2.05) is 0 Å². The van der Waals surface area contributed by atoms with E-state index in [4.69, 9.17) is 5.73 Å². The molecule has 1 fully saturated rings. The summed E-state index contributed by atoms with van der Waals surface area (Å²) in [6.07, 6.45) is 1.86. The smallest absolute Gasteiger partial charge is 0.239 e. The quantitative estimate of drug-likeness (QED) is 0.209. The van der Waals surface area contributed by atoms with Crippen LogP contribution in [0.15, 0.2) is 0 Å². The van der Waals surface area contributed by atoms with Gasteiger partial charge < -0.3 is 40.0 Å². The van der Waals surface area contributed by atoms with E-state index in [0.29, 0.717) is 6.42 Å². The molecule has 117 valence electrons. The van der Waals surface area contributed by atoms with E-state index in [2.05, 4.69) is 16.0 Å². The van der Waals surface area contributed by atoms with Crippen molar-refractivity contribution in [3.8, 4) is 0 Å². The molecule has 8 nitrogen and oxygen atoms in total. The second-order valence-electron chi connectivity index (χ2n) is 4.24. The molecular formula is C11H18N4O4SY-2. The van der Waals surface area contributed by atoms with Crippen molar-refractivity contribution in [3.05, 3.63) is 0 Å². The number of carbonyl (C=O) groups is 3. The van der Waals surface area contributed by atoms with Crippen molar-refractivity contribution in [2.75, 3.05) is 19.6 Å². The van der Waals surface area contributed by atoms with Crippen LogP contribution in [0.4, 0.5) is 0 Å². The Morgan fingerprint density at radius 2 is 1.76 bits per heavy atom. The molecule has 1 heterocycles. The molecule has 0 aromatic rings. The van der Waals surface area contributed by atoms with E-state index in [-0.39, 0.29) is 84.0 Å². The fraction of sp³-hybridized carbons (Fsp3) is 0.636. The molecule has 2 amide bonds. The second-order valence-corrected chi connectivity index (χ2v) is 4.24. The number of ketones is 1. The topological polar surface area (TPSA) is 130 Å². The molecule has 21 heavy (non-hydrogen) atoms. The summed E-state index contributed by atoms with van der Waals surface area (Å²) in [7, 11) is 0. The first kappa shape index (κ1) is 22.9. The molecule has 0 aromatic carbocycles. The number of thiol groups is 1. The van der Waals surface area contributed by atoms with Gasteiger partial charge in [0.1, 0.15) is 0 Å². The molecule has 0 spiro atoms. The minimum absolute atomic E-state index is 0. The summed E-state index contributed by atoms with van der Waals surface area (Å²) in [5.74, 6) is -1.19. The molecule has 10 heteroatoms. The average molecular weight is 391 g/mol. The van der Waals surface area contributed by atoms with Crippen LogP contribution in [0.2, 0.25) is 0 Å². The van der Waals surface area contributed by atoms with Gasteiger partial charge in [-0.1, -0.05) is 6.04 Å². The Morgan fingerprint density at radius 3 is 2.38 bits per heavy atom. The number of nitrogens with two attached hydrogens (primary N) is 1. The minimum atomic E-state index is -0.955. The van der Waals surface area contributed by atoms with Crippen LogP contribution < -0.4 is 21.7 Å². The standard InChI is InChI=1S/C11H17N4O4.H2S.Y/c12-8-3-10(18)15-5-11(19)13-2-1-7(6-16)14-4-9(8)17;;/h7-8,14H,1-5,12H2,(H,13,19)(H,15,18);1H2;/q-1;;/p-1. The van der Waals surface area contributed by atoms with E-state index in [0.717, 1.165) is 0 Å². The molecule has 1 saturated heterocycles. The van der Waals surface area contributed by atoms with Crippen molar-refractivity contribution in [1.29, 1.82) is 0 Å². The number of hydrogen-bond donors (Lipinski definition) is 4. The van der Waals surface area contributed by atoms with Crippen LogP contribution in [0.25, 0.3) is 0 Å². The summed E-state index contributed by atoms with van der Waals surface area (Å²) < 4.78 is 0. The first-order valence-electron chi connectivity index (χ1n) is 5.95. The predicted octanol–water partition coefficient (Wildman–Crippen LogP) is -3.30. The molecule has 1 aliphatic rings. The van der Waals surface area contributed by atoms with Crippen molar-refractivity contribution in [1.82, 2.24) is 16.0 Å². The molecule has 1 rings (SSSR count). The minimum Gasteiger partial charge on any atom is -0.813 e. The monoisotopic (exact) mass is 391 g/mol. The molecule has 0 aromatic heterocycles. The normalized spacial score (nSPS) is 24.7. The van der Waals surface area contributed by atoms with Gasteiger partial charge in [-0.2, -0.15) is 0 Å². The SMILES string of the molecule is NC1CC(=O)NCC(=O)NCCC([C-]=O)NCC1=O.[SH-].[Y]. The van der Waals surface area contributed by atoms with Gasteiger partial charge in [-0.25, -0.2) is 6.29 Å². The van der Waals surface area contributed by atoms with E-state index in [9.17, 15) is 19.2 Å². The number of nitrogens with one attached hydrogen (secondary N) is 3.